The quantitative estimate of drug-likeness (QED) is 0.900. The Morgan fingerprint density at radius 1 is 1.45 bits per heavy atom. The summed E-state index contributed by atoms with van der Waals surface area (Å²) >= 11 is 0. The molecule has 22 heavy (non-hydrogen) atoms. The van der Waals surface area contributed by atoms with Gasteiger partial charge in [0.15, 0.2) is 6.10 Å². The van der Waals surface area contributed by atoms with Crippen molar-refractivity contribution in [3.63, 3.8) is 0 Å². The zero-order chi connectivity index (χ0) is 16.3. The normalized spacial score (nSPS) is 12.9. The minimum Gasteiger partial charge on any atom is -0.437 e. The van der Waals surface area contributed by atoms with E-state index in [1.165, 1.54) is 0 Å². The number of hydrogen-bond donors (Lipinski definition) is 1. The van der Waals surface area contributed by atoms with Gasteiger partial charge < -0.3 is 19.7 Å². The number of amides is 1. The summed E-state index contributed by atoms with van der Waals surface area (Å²) in [6, 6.07) is 3.57. The van der Waals surface area contributed by atoms with Crippen LogP contribution in [0.5, 0.6) is 0 Å². The Hall–Kier alpha value is -2.48. The van der Waals surface area contributed by atoms with Crippen LogP contribution < -0.4 is 5.73 Å². The highest BCUT2D eigenvalue weighted by atomic mass is 16.6. The molecule has 0 radical (unpaired) electrons. The Labute approximate surface area is 127 Å². The maximum absolute atomic E-state index is 10.7. The fourth-order valence-electron chi connectivity index (χ4n) is 1.75. The fraction of sp³-hybridized carbons (Fsp3) is 0.429. The zero-order valence-electron chi connectivity index (χ0n) is 12.9. The van der Waals surface area contributed by atoms with Crippen molar-refractivity contribution in [3.8, 4) is 11.4 Å². The second-order valence-corrected chi connectivity index (χ2v) is 5.18. The summed E-state index contributed by atoms with van der Waals surface area (Å²) in [6.45, 7) is 5.40. The monoisotopic (exact) mass is 306 g/mol. The number of nitrogens with zero attached hydrogens (tertiary/aromatic N) is 3. The van der Waals surface area contributed by atoms with Gasteiger partial charge in [-0.2, -0.15) is 4.98 Å². The maximum atomic E-state index is 10.7. The molecule has 8 nitrogen and oxygen atoms in total. The lowest BCUT2D eigenvalue weighted by molar-refractivity contribution is 0.0155. The SMILES string of the molecule is COC(C)(C)c1cc(-c2noc(C(C)OC(N)=O)n2)ccn1. The van der Waals surface area contributed by atoms with Gasteiger partial charge in [0.25, 0.3) is 5.89 Å². The van der Waals surface area contributed by atoms with E-state index in [2.05, 4.69) is 15.1 Å². The van der Waals surface area contributed by atoms with Crippen molar-refractivity contribution in [2.75, 3.05) is 7.11 Å². The van der Waals surface area contributed by atoms with Crippen molar-refractivity contribution in [1.82, 2.24) is 15.1 Å². The molecular weight excluding hydrogens is 288 g/mol. The lowest BCUT2D eigenvalue weighted by Gasteiger charge is -2.22. The summed E-state index contributed by atoms with van der Waals surface area (Å²) in [5.74, 6) is 0.531. The van der Waals surface area contributed by atoms with Gasteiger partial charge in [0.05, 0.1) is 5.69 Å². The van der Waals surface area contributed by atoms with E-state index in [0.29, 0.717) is 5.82 Å². The van der Waals surface area contributed by atoms with Gasteiger partial charge in [-0.3, -0.25) is 4.98 Å². The minimum atomic E-state index is -0.903. The minimum absolute atomic E-state index is 0.165. The molecule has 2 aromatic rings. The Morgan fingerprint density at radius 2 is 2.18 bits per heavy atom. The largest absolute Gasteiger partial charge is 0.437 e. The molecule has 0 aromatic carbocycles. The Morgan fingerprint density at radius 3 is 2.82 bits per heavy atom. The molecule has 1 atom stereocenters. The molecule has 2 N–H and O–H groups in total. The number of pyridine rings is 1. The number of ether oxygens (including phenoxy) is 2. The number of rotatable bonds is 5. The van der Waals surface area contributed by atoms with Gasteiger partial charge in [0.2, 0.25) is 5.82 Å². The predicted molar refractivity (Wildman–Crippen MR) is 76.6 cm³/mol. The van der Waals surface area contributed by atoms with Crippen molar-refractivity contribution >= 4 is 6.09 Å². The number of aromatic nitrogens is 3. The van der Waals surface area contributed by atoms with E-state index in [9.17, 15) is 4.79 Å². The summed E-state index contributed by atoms with van der Waals surface area (Å²) in [7, 11) is 1.61. The summed E-state index contributed by atoms with van der Waals surface area (Å²) < 4.78 is 15.3. The predicted octanol–water partition coefficient (Wildman–Crippen LogP) is 2.17. The van der Waals surface area contributed by atoms with E-state index in [1.54, 1.807) is 26.3 Å². The van der Waals surface area contributed by atoms with E-state index in [4.69, 9.17) is 19.7 Å². The molecule has 1 amide bonds. The highest BCUT2D eigenvalue weighted by Crippen LogP contribution is 2.26. The third-order valence-corrected chi connectivity index (χ3v) is 3.23. The molecule has 0 saturated carbocycles. The molecule has 0 aliphatic carbocycles. The standard InChI is InChI=1S/C14H18N4O4/c1-8(21-13(15)19)12-17-11(18-22-12)9-5-6-16-10(7-9)14(2,3)20-4/h5-8H,1-4H3,(H2,15,19). The van der Waals surface area contributed by atoms with Crippen molar-refractivity contribution in [3.05, 3.63) is 29.9 Å². The molecule has 0 aliphatic heterocycles. The van der Waals surface area contributed by atoms with Crippen LogP contribution in [0, 0.1) is 0 Å². The molecule has 0 saturated heterocycles. The van der Waals surface area contributed by atoms with Crippen LogP contribution in [0.1, 0.15) is 38.5 Å². The van der Waals surface area contributed by atoms with Gasteiger partial charge in [-0.1, -0.05) is 5.16 Å². The van der Waals surface area contributed by atoms with E-state index in [0.717, 1.165) is 11.3 Å². The van der Waals surface area contributed by atoms with Crippen LogP contribution in [0.25, 0.3) is 11.4 Å². The van der Waals surface area contributed by atoms with Gasteiger partial charge in [-0.15, -0.1) is 0 Å². The second-order valence-electron chi connectivity index (χ2n) is 5.18. The number of nitrogens with two attached hydrogens (primary N) is 1. The van der Waals surface area contributed by atoms with Crippen LogP contribution >= 0.6 is 0 Å². The molecule has 2 aromatic heterocycles. The first kappa shape index (κ1) is 15.9. The average Bonchev–Trinajstić information content (AvgIpc) is 2.96. The number of hydrogen-bond acceptors (Lipinski definition) is 7. The molecule has 0 bridgehead atoms. The van der Waals surface area contributed by atoms with Crippen LogP contribution in [0.15, 0.2) is 22.9 Å². The van der Waals surface area contributed by atoms with Crippen LogP contribution in [0.3, 0.4) is 0 Å². The van der Waals surface area contributed by atoms with Gasteiger partial charge in [0, 0.05) is 18.9 Å². The molecule has 0 fully saturated rings. The second kappa shape index (κ2) is 6.10. The molecule has 1 unspecified atom stereocenters. The van der Waals surface area contributed by atoms with E-state index in [1.807, 2.05) is 19.9 Å². The van der Waals surface area contributed by atoms with Crippen molar-refractivity contribution in [2.45, 2.75) is 32.5 Å². The van der Waals surface area contributed by atoms with Gasteiger partial charge >= 0.3 is 6.09 Å². The maximum Gasteiger partial charge on any atom is 0.405 e. The van der Waals surface area contributed by atoms with Crippen molar-refractivity contribution in [2.24, 2.45) is 5.73 Å². The first-order chi connectivity index (χ1) is 10.3. The van der Waals surface area contributed by atoms with E-state index >= 15 is 0 Å². The van der Waals surface area contributed by atoms with Crippen molar-refractivity contribution in [1.29, 1.82) is 0 Å². The molecule has 118 valence electrons. The van der Waals surface area contributed by atoms with Gasteiger partial charge in [0.1, 0.15) is 5.60 Å². The smallest absolute Gasteiger partial charge is 0.405 e. The third kappa shape index (κ3) is 3.40. The van der Waals surface area contributed by atoms with Crippen LogP contribution in [-0.2, 0) is 15.1 Å². The fourth-order valence-corrected chi connectivity index (χ4v) is 1.75. The van der Waals surface area contributed by atoms with Crippen LogP contribution in [0.4, 0.5) is 4.79 Å². The topological polar surface area (TPSA) is 113 Å². The van der Waals surface area contributed by atoms with Crippen LogP contribution in [-0.4, -0.2) is 28.3 Å². The van der Waals surface area contributed by atoms with Gasteiger partial charge in [-0.25, -0.2) is 4.79 Å². The lowest BCUT2D eigenvalue weighted by Crippen LogP contribution is -2.21. The number of primary amides is 1. The molecule has 0 spiro atoms. The number of carbonyl (C=O) groups is 1. The summed E-state index contributed by atoms with van der Waals surface area (Å²) in [5, 5.41) is 3.88. The third-order valence-electron chi connectivity index (χ3n) is 3.23. The molecule has 2 heterocycles. The first-order valence-electron chi connectivity index (χ1n) is 6.65. The highest BCUT2D eigenvalue weighted by molar-refractivity contribution is 5.64. The molecule has 0 aliphatic rings. The summed E-state index contributed by atoms with van der Waals surface area (Å²) in [6.07, 6.45) is 0.0286. The molecular formula is C14H18N4O4. The highest BCUT2D eigenvalue weighted by Gasteiger charge is 2.23. The zero-order valence-corrected chi connectivity index (χ0v) is 12.9. The molecule has 8 heteroatoms. The van der Waals surface area contributed by atoms with Crippen molar-refractivity contribution < 1.29 is 18.8 Å². The summed E-state index contributed by atoms with van der Waals surface area (Å²) in [4.78, 5) is 19.2. The Kier molecular flexibility index (Phi) is 4.41. The van der Waals surface area contributed by atoms with E-state index in [-0.39, 0.29) is 5.89 Å². The number of carbonyl (C=O) groups excluding carboxylic acids is 1. The van der Waals surface area contributed by atoms with E-state index < -0.39 is 17.8 Å². The Bertz CT molecular complexity index is 668. The first-order valence-corrected chi connectivity index (χ1v) is 6.65. The molecule has 2 rings (SSSR count). The number of methoxy groups -OCH3 is 1. The Balaban J connectivity index is 2.28. The van der Waals surface area contributed by atoms with Gasteiger partial charge in [-0.05, 0) is 32.9 Å². The lowest BCUT2D eigenvalue weighted by atomic mass is 10.0. The summed E-state index contributed by atoms with van der Waals surface area (Å²) in [5.41, 5.74) is 5.88. The van der Waals surface area contributed by atoms with Crippen LogP contribution in [0.2, 0.25) is 0 Å². The average molecular weight is 306 g/mol.